The monoisotopic (exact) mass is 724 g/mol. The van der Waals surface area contributed by atoms with Crippen LogP contribution in [0.4, 0.5) is 0 Å². The maximum atomic E-state index is 14.1. The SMILES string of the molecule is CC(C)(C)[Si](C)(C)Oc1ccc(C2C(C(=O)OCC3CCCO3)C(c3ccc(O[Si](C)(C)C(C)(C)C)cc3)C2C(=O)OCC2CCCO2)cc1. The lowest BCUT2D eigenvalue weighted by Crippen LogP contribution is -2.52. The van der Waals surface area contributed by atoms with E-state index in [1.807, 2.05) is 48.5 Å². The number of rotatable bonds is 12. The van der Waals surface area contributed by atoms with Crippen LogP contribution in [-0.2, 0) is 28.5 Å². The van der Waals surface area contributed by atoms with Crippen molar-refractivity contribution in [1.82, 2.24) is 0 Å². The first-order valence-corrected chi connectivity index (χ1v) is 24.3. The molecule has 2 aromatic rings. The van der Waals surface area contributed by atoms with Gasteiger partial charge >= 0.3 is 11.9 Å². The quantitative estimate of drug-likeness (QED) is 0.158. The van der Waals surface area contributed by atoms with Crippen LogP contribution in [0.25, 0.3) is 0 Å². The van der Waals surface area contributed by atoms with Gasteiger partial charge in [-0.15, -0.1) is 0 Å². The zero-order valence-electron chi connectivity index (χ0n) is 32.0. The molecule has 0 N–H and O–H groups in total. The molecule has 2 heterocycles. The highest BCUT2D eigenvalue weighted by Gasteiger charge is 2.60. The molecule has 3 fully saturated rings. The Morgan fingerprint density at radius 1 is 0.620 bits per heavy atom. The van der Waals surface area contributed by atoms with Crippen molar-refractivity contribution in [3.8, 4) is 11.5 Å². The molecule has 0 spiro atoms. The Bertz CT molecular complexity index is 1330. The molecule has 1 saturated carbocycles. The van der Waals surface area contributed by atoms with E-state index in [4.69, 9.17) is 27.8 Å². The van der Waals surface area contributed by atoms with E-state index in [1.54, 1.807) is 0 Å². The maximum absolute atomic E-state index is 14.1. The number of carbonyl (C=O) groups is 2. The summed E-state index contributed by atoms with van der Waals surface area (Å²) in [6.45, 7) is 24.0. The van der Waals surface area contributed by atoms with Gasteiger partial charge in [0.05, 0.1) is 24.0 Å². The third kappa shape index (κ3) is 8.68. The minimum absolute atomic E-state index is 0.0495. The van der Waals surface area contributed by atoms with Crippen molar-refractivity contribution in [3.05, 3.63) is 59.7 Å². The van der Waals surface area contributed by atoms with E-state index in [-0.39, 0.29) is 47.4 Å². The lowest BCUT2D eigenvalue weighted by atomic mass is 9.52. The Morgan fingerprint density at radius 2 is 0.960 bits per heavy atom. The molecule has 2 unspecified atom stereocenters. The molecule has 3 aliphatic rings. The summed E-state index contributed by atoms with van der Waals surface area (Å²) in [5.74, 6) is -1.08. The number of esters is 2. The van der Waals surface area contributed by atoms with E-state index in [0.29, 0.717) is 13.2 Å². The second-order valence-electron chi connectivity index (χ2n) is 17.5. The van der Waals surface area contributed by atoms with Crippen molar-refractivity contribution >= 4 is 28.6 Å². The first-order valence-electron chi connectivity index (χ1n) is 18.5. The van der Waals surface area contributed by atoms with E-state index in [2.05, 4.69) is 67.7 Å². The predicted molar refractivity (Wildman–Crippen MR) is 201 cm³/mol. The normalized spacial score (nSPS) is 25.9. The second-order valence-corrected chi connectivity index (χ2v) is 26.9. The summed E-state index contributed by atoms with van der Waals surface area (Å²) in [4.78, 5) is 28.3. The van der Waals surface area contributed by atoms with Crippen LogP contribution in [0.3, 0.4) is 0 Å². The summed E-state index contributed by atoms with van der Waals surface area (Å²) < 4.78 is 36.6. The van der Waals surface area contributed by atoms with Crippen LogP contribution < -0.4 is 8.85 Å². The predicted octanol–water partition coefficient (Wildman–Crippen LogP) is 9.01. The van der Waals surface area contributed by atoms with Crippen molar-refractivity contribution in [1.29, 1.82) is 0 Å². The lowest BCUT2D eigenvalue weighted by molar-refractivity contribution is -0.170. The van der Waals surface area contributed by atoms with Gasteiger partial charge in [-0.05, 0) is 97.3 Å². The number of hydrogen-bond donors (Lipinski definition) is 0. The molecule has 0 aromatic heterocycles. The van der Waals surface area contributed by atoms with Crippen LogP contribution in [-0.4, -0.2) is 67.2 Å². The van der Waals surface area contributed by atoms with Crippen LogP contribution >= 0.6 is 0 Å². The highest BCUT2D eigenvalue weighted by Crippen LogP contribution is 2.59. The van der Waals surface area contributed by atoms with Crippen LogP contribution in [0.1, 0.15) is 90.2 Å². The molecular weight excluding hydrogens is 665 g/mol. The molecule has 2 aliphatic heterocycles. The maximum Gasteiger partial charge on any atom is 0.310 e. The van der Waals surface area contributed by atoms with E-state index in [0.717, 1.165) is 48.3 Å². The molecule has 0 bridgehead atoms. The molecule has 2 aromatic carbocycles. The molecule has 5 rings (SSSR count). The molecule has 10 heteroatoms. The van der Waals surface area contributed by atoms with Gasteiger partial charge in [-0.25, -0.2) is 0 Å². The third-order valence-corrected chi connectivity index (χ3v) is 20.6. The highest BCUT2D eigenvalue weighted by atomic mass is 28.4. The Hall–Kier alpha value is -2.67. The van der Waals surface area contributed by atoms with Crippen LogP contribution in [0.2, 0.25) is 36.3 Å². The fourth-order valence-electron chi connectivity index (χ4n) is 6.67. The van der Waals surface area contributed by atoms with Crippen molar-refractivity contribution in [2.45, 2.75) is 128 Å². The Kier molecular flexibility index (Phi) is 11.7. The van der Waals surface area contributed by atoms with Gasteiger partial charge in [-0.1, -0.05) is 65.8 Å². The molecule has 2 saturated heterocycles. The molecule has 0 amide bonds. The summed E-state index contributed by atoms with van der Waals surface area (Å²) in [6, 6.07) is 15.9. The molecule has 50 heavy (non-hydrogen) atoms. The average molecular weight is 725 g/mol. The second kappa shape index (κ2) is 15.1. The van der Waals surface area contributed by atoms with Gasteiger partial charge in [0.15, 0.2) is 0 Å². The summed E-state index contributed by atoms with van der Waals surface area (Å²) in [5.41, 5.74) is 1.78. The van der Waals surface area contributed by atoms with Gasteiger partial charge in [0.1, 0.15) is 24.7 Å². The third-order valence-electron chi connectivity index (χ3n) is 11.9. The summed E-state index contributed by atoms with van der Waals surface area (Å²) in [6.07, 6.45) is 3.47. The van der Waals surface area contributed by atoms with E-state index < -0.39 is 40.3 Å². The van der Waals surface area contributed by atoms with Crippen LogP contribution in [0.15, 0.2) is 48.5 Å². The fourth-order valence-corrected chi connectivity index (χ4v) is 8.73. The number of benzene rings is 2. The standard InChI is InChI=1S/C40H60O8Si2/c1-39(2,3)49(7,8)47-29-19-15-27(16-20-29)33-35(37(41)45-25-31-13-11-23-43-31)34(36(33)38(42)46-26-32-14-12-24-44-32)28-17-21-30(22-18-28)48-50(9,10)40(4,5)6/h15-22,31-36H,11-14,23-26H2,1-10H3. The number of carbonyl (C=O) groups excluding carboxylic acids is 2. The van der Waals surface area contributed by atoms with E-state index in [1.165, 1.54) is 0 Å². The molecule has 276 valence electrons. The molecule has 2 atom stereocenters. The molecular formula is C40H60O8Si2. The number of ether oxygens (including phenoxy) is 4. The van der Waals surface area contributed by atoms with Gasteiger partial charge in [0.2, 0.25) is 16.6 Å². The van der Waals surface area contributed by atoms with Crippen molar-refractivity contribution in [2.75, 3.05) is 26.4 Å². The Balaban J connectivity index is 1.47. The van der Waals surface area contributed by atoms with Crippen molar-refractivity contribution in [3.63, 3.8) is 0 Å². The zero-order valence-corrected chi connectivity index (χ0v) is 34.0. The lowest BCUT2D eigenvalue weighted by Gasteiger charge is -2.49. The van der Waals surface area contributed by atoms with Crippen LogP contribution in [0, 0.1) is 11.8 Å². The summed E-state index contributed by atoms with van der Waals surface area (Å²) in [5, 5.41) is 0.0990. The Labute approximate surface area is 302 Å². The zero-order chi connectivity index (χ0) is 36.5. The highest BCUT2D eigenvalue weighted by molar-refractivity contribution is 6.75. The molecule has 1 aliphatic carbocycles. The average Bonchev–Trinajstić information content (AvgIpc) is 3.74. The molecule has 0 radical (unpaired) electrons. The minimum Gasteiger partial charge on any atom is -0.544 e. The van der Waals surface area contributed by atoms with Gasteiger partial charge in [-0.2, -0.15) is 0 Å². The number of hydrogen-bond acceptors (Lipinski definition) is 8. The van der Waals surface area contributed by atoms with E-state index >= 15 is 0 Å². The van der Waals surface area contributed by atoms with E-state index in [9.17, 15) is 9.59 Å². The van der Waals surface area contributed by atoms with Gasteiger partial charge < -0.3 is 27.8 Å². The van der Waals surface area contributed by atoms with Crippen molar-refractivity contribution in [2.24, 2.45) is 11.8 Å². The van der Waals surface area contributed by atoms with Gasteiger partial charge in [0.25, 0.3) is 0 Å². The Morgan fingerprint density at radius 3 is 1.24 bits per heavy atom. The van der Waals surface area contributed by atoms with Gasteiger partial charge in [0, 0.05) is 25.0 Å². The molecule has 8 nitrogen and oxygen atoms in total. The van der Waals surface area contributed by atoms with Gasteiger partial charge in [-0.3, -0.25) is 9.59 Å². The fraction of sp³-hybridized carbons (Fsp3) is 0.650. The van der Waals surface area contributed by atoms with Crippen LogP contribution in [0.5, 0.6) is 11.5 Å². The van der Waals surface area contributed by atoms with Crippen molar-refractivity contribution < 1.29 is 37.4 Å². The summed E-state index contributed by atoms with van der Waals surface area (Å²) in [7, 11) is -4.12. The first-order chi connectivity index (χ1) is 23.4. The largest absolute Gasteiger partial charge is 0.544 e. The smallest absolute Gasteiger partial charge is 0.310 e. The topological polar surface area (TPSA) is 89.5 Å². The minimum atomic E-state index is -2.06. The first kappa shape index (κ1) is 38.6. The summed E-state index contributed by atoms with van der Waals surface area (Å²) >= 11 is 0.